The fraction of sp³-hybridized carbons (Fsp3) is 0.375. The fourth-order valence-electron chi connectivity index (χ4n) is 2.56. The SMILES string of the molecule is Cc1c(C(=O)Nc2cnc3c(c2)COCC3)cnn1CCC#N. The van der Waals surface area contributed by atoms with Crippen LogP contribution in [-0.2, 0) is 24.3 Å². The molecule has 3 rings (SSSR count). The molecule has 0 spiro atoms. The zero-order valence-corrected chi connectivity index (χ0v) is 12.9. The monoisotopic (exact) mass is 311 g/mol. The van der Waals surface area contributed by atoms with E-state index < -0.39 is 0 Å². The number of aromatic nitrogens is 3. The zero-order chi connectivity index (χ0) is 16.2. The molecule has 23 heavy (non-hydrogen) atoms. The molecule has 3 heterocycles. The lowest BCUT2D eigenvalue weighted by atomic mass is 10.1. The number of hydrogen-bond donors (Lipinski definition) is 1. The molecule has 7 nitrogen and oxygen atoms in total. The Balaban J connectivity index is 1.74. The minimum atomic E-state index is -0.232. The summed E-state index contributed by atoms with van der Waals surface area (Å²) in [4.78, 5) is 16.8. The Morgan fingerprint density at radius 3 is 3.22 bits per heavy atom. The zero-order valence-electron chi connectivity index (χ0n) is 12.9. The summed E-state index contributed by atoms with van der Waals surface area (Å²) in [5, 5.41) is 15.6. The van der Waals surface area contributed by atoms with E-state index in [4.69, 9.17) is 10.00 Å². The van der Waals surface area contributed by atoms with E-state index in [9.17, 15) is 4.79 Å². The highest BCUT2D eigenvalue weighted by molar-refractivity contribution is 6.04. The second kappa shape index (κ2) is 6.58. The molecule has 1 aliphatic rings. The Kier molecular flexibility index (Phi) is 4.35. The quantitative estimate of drug-likeness (QED) is 0.929. The molecule has 0 radical (unpaired) electrons. The van der Waals surface area contributed by atoms with Gasteiger partial charge in [0.25, 0.3) is 5.91 Å². The first-order valence-electron chi connectivity index (χ1n) is 7.45. The molecule has 2 aromatic heterocycles. The number of aryl methyl sites for hydroxylation is 1. The van der Waals surface area contributed by atoms with Gasteiger partial charge in [-0.1, -0.05) is 0 Å². The number of nitriles is 1. The van der Waals surface area contributed by atoms with E-state index in [1.165, 1.54) is 6.20 Å². The average molecular weight is 311 g/mol. The lowest BCUT2D eigenvalue weighted by Gasteiger charge is -2.16. The highest BCUT2D eigenvalue weighted by Crippen LogP contribution is 2.19. The summed E-state index contributed by atoms with van der Waals surface area (Å²) in [6.45, 7) is 3.51. The molecular formula is C16H17N5O2. The van der Waals surface area contributed by atoms with Crippen molar-refractivity contribution in [3.05, 3.63) is 41.0 Å². The Bertz CT molecular complexity index is 775. The van der Waals surface area contributed by atoms with Gasteiger partial charge in [0.2, 0.25) is 0 Å². The van der Waals surface area contributed by atoms with Crippen LogP contribution in [0.1, 0.15) is 33.7 Å². The Morgan fingerprint density at radius 1 is 1.52 bits per heavy atom. The largest absolute Gasteiger partial charge is 0.376 e. The Morgan fingerprint density at radius 2 is 2.39 bits per heavy atom. The van der Waals surface area contributed by atoms with Crippen LogP contribution < -0.4 is 5.32 Å². The fourth-order valence-corrected chi connectivity index (χ4v) is 2.56. The van der Waals surface area contributed by atoms with Crippen molar-refractivity contribution in [2.45, 2.75) is 32.9 Å². The third kappa shape index (κ3) is 3.22. The van der Waals surface area contributed by atoms with Crippen molar-refractivity contribution >= 4 is 11.6 Å². The predicted molar refractivity (Wildman–Crippen MR) is 82.7 cm³/mol. The second-order valence-corrected chi connectivity index (χ2v) is 5.36. The molecule has 2 aromatic rings. The van der Waals surface area contributed by atoms with Gasteiger partial charge in [0, 0.05) is 23.4 Å². The van der Waals surface area contributed by atoms with Gasteiger partial charge in [0.05, 0.1) is 55.9 Å². The van der Waals surface area contributed by atoms with Crippen LogP contribution in [0.4, 0.5) is 5.69 Å². The van der Waals surface area contributed by atoms with Gasteiger partial charge >= 0.3 is 0 Å². The number of anilines is 1. The summed E-state index contributed by atoms with van der Waals surface area (Å²) in [7, 11) is 0. The molecule has 1 amide bonds. The van der Waals surface area contributed by atoms with E-state index in [2.05, 4.69) is 21.5 Å². The molecule has 0 aromatic carbocycles. The van der Waals surface area contributed by atoms with E-state index in [0.29, 0.717) is 37.4 Å². The number of fused-ring (bicyclic) bond motifs is 1. The molecule has 0 aliphatic carbocycles. The van der Waals surface area contributed by atoms with Crippen LogP contribution in [0.5, 0.6) is 0 Å². The molecule has 7 heteroatoms. The number of carbonyl (C=O) groups excluding carboxylic acids is 1. The van der Waals surface area contributed by atoms with Crippen molar-refractivity contribution in [1.29, 1.82) is 5.26 Å². The van der Waals surface area contributed by atoms with Crippen molar-refractivity contribution in [3.63, 3.8) is 0 Å². The lowest BCUT2D eigenvalue weighted by molar-refractivity contribution is 0.102. The van der Waals surface area contributed by atoms with E-state index in [-0.39, 0.29) is 5.91 Å². The highest BCUT2D eigenvalue weighted by atomic mass is 16.5. The first-order chi connectivity index (χ1) is 11.2. The minimum Gasteiger partial charge on any atom is -0.376 e. The normalized spacial score (nSPS) is 13.2. The molecule has 118 valence electrons. The topological polar surface area (TPSA) is 92.8 Å². The molecule has 1 N–H and O–H groups in total. The van der Waals surface area contributed by atoms with E-state index in [1.54, 1.807) is 10.9 Å². The summed E-state index contributed by atoms with van der Waals surface area (Å²) < 4.78 is 7.07. The van der Waals surface area contributed by atoms with Crippen LogP contribution in [0, 0.1) is 18.3 Å². The van der Waals surface area contributed by atoms with Crippen molar-refractivity contribution in [2.75, 3.05) is 11.9 Å². The Hall–Kier alpha value is -2.72. The van der Waals surface area contributed by atoms with Gasteiger partial charge in [-0.25, -0.2) is 0 Å². The third-order valence-electron chi connectivity index (χ3n) is 3.84. The second-order valence-electron chi connectivity index (χ2n) is 5.36. The summed E-state index contributed by atoms with van der Waals surface area (Å²) in [5.41, 5.74) is 3.91. The van der Waals surface area contributed by atoms with Gasteiger partial charge in [0.1, 0.15) is 0 Å². The summed E-state index contributed by atoms with van der Waals surface area (Å²) >= 11 is 0. The van der Waals surface area contributed by atoms with E-state index >= 15 is 0 Å². The number of nitrogens with one attached hydrogen (secondary N) is 1. The van der Waals surface area contributed by atoms with Gasteiger partial charge in [-0.05, 0) is 13.0 Å². The van der Waals surface area contributed by atoms with E-state index in [1.807, 2.05) is 13.0 Å². The highest BCUT2D eigenvalue weighted by Gasteiger charge is 2.16. The standard InChI is InChI=1S/C16H17N5O2/c1-11-14(9-19-21(11)5-2-4-17)16(22)20-13-7-12-10-23-6-3-15(12)18-8-13/h7-9H,2-3,5-6,10H2,1H3,(H,20,22). The van der Waals surface area contributed by atoms with Crippen LogP contribution >= 0.6 is 0 Å². The number of nitrogens with zero attached hydrogens (tertiary/aromatic N) is 4. The predicted octanol–water partition coefficient (Wildman–Crippen LogP) is 1.83. The lowest BCUT2D eigenvalue weighted by Crippen LogP contribution is -2.16. The molecule has 0 unspecified atom stereocenters. The van der Waals surface area contributed by atoms with Gasteiger partial charge in [-0.15, -0.1) is 0 Å². The smallest absolute Gasteiger partial charge is 0.259 e. The summed E-state index contributed by atoms with van der Waals surface area (Å²) in [6.07, 6.45) is 4.35. The maximum absolute atomic E-state index is 12.4. The number of ether oxygens (including phenoxy) is 1. The number of carbonyl (C=O) groups is 1. The van der Waals surface area contributed by atoms with Crippen molar-refractivity contribution in [2.24, 2.45) is 0 Å². The van der Waals surface area contributed by atoms with Crippen LogP contribution in [0.15, 0.2) is 18.5 Å². The maximum atomic E-state index is 12.4. The minimum absolute atomic E-state index is 0.232. The summed E-state index contributed by atoms with van der Waals surface area (Å²) in [5.74, 6) is -0.232. The number of rotatable bonds is 4. The van der Waals surface area contributed by atoms with Crippen molar-refractivity contribution in [1.82, 2.24) is 14.8 Å². The third-order valence-corrected chi connectivity index (χ3v) is 3.84. The summed E-state index contributed by atoms with van der Waals surface area (Å²) in [6, 6.07) is 3.97. The van der Waals surface area contributed by atoms with E-state index in [0.717, 1.165) is 23.4 Å². The van der Waals surface area contributed by atoms with Crippen molar-refractivity contribution < 1.29 is 9.53 Å². The van der Waals surface area contributed by atoms with Crippen LogP contribution in [-0.4, -0.2) is 27.3 Å². The molecular weight excluding hydrogens is 294 g/mol. The molecule has 1 aliphatic heterocycles. The number of amides is 1. The molecule has 0 bridgehead atoms. The number of hydrogen-bond acceptors (Lipinski definition) is 5. The van der Waals surface area contributed by atoms with Crippen LogP contribution in [0.3, 0.4) is 0 Å². The van der Waals surface area contributed by atoms with Gasteiger partial charge in [-0.3, -0.25) is 14.5 Å². The van der Waals surface area contributed by atoms with Crippen LogP contribution in [0.2, 0.25) is 0 Å². The first-order valence-corrected chi connectivity index (χ1v) is 7.45. The molecule has 0 atom stereocenters. The van der Waals surface area contributed by atoms with Gasteiger partial charge in [-0.2, -0.15) is 10.4 Å². The Labute approximate surface area is 133 Å². The van der Waals surface area contributed by atoms with Gasteiger partial charge < -0.3 is 10.1 Å². The number of pyridine rings is 1. The van der Waals surface area contributed by atoms with Crippen LogP contribution in [0.25, 0.3) is 0 Å². The average Bonchev–Trinajstić information content (AvgIpc) is 2.93. The molecule has 0 saturated carbocycles. The van der Waals surface area contributed by atoms with Gasteiger partial charge in [0.15, 0.2) is 0 Å². The molecule has 0 fully saturated rings. The molecule has 0 saturated heterocycles. The maximum Gasteiger partial charge on any atom is 0.259 e. The van der Waals surface area contributed by atoms with Crippen molar-refractivity contribution in [3.8, 4) is 6.07 Å². The first kappa shape index (κ1) is 15.2.